The number of nitrogens with one attached hydrogen (secondary N) is 2. The Morgan fingerprint density at radius 2 is 1.62 bits per heavy atom. The average Bonchev–Trinajstić information content (AvgIpc) is 2.36. The van der Waals surface area contributed by atoms with Crippen LogP contribution in [0.5, 0.6) is 0 Å². The summed E-state index contributed by atoms with van der Waals surface area (Å²) in [6.45, 7) is 15.9. The third-order valence-corrected chi connectivity index (χ3v) is 3.27. The van der Waals surface area contributed by atoms with Gasteiger partial charge >= 0.3 is 0 Å². The minimum absolute atomic E-state index is 0.0921. The zero-order valence-electron chi connectivity index (χ0n) is 14.7. The molecular formula is C16H30N4O. The molecule has 1 aromatic heterocycles. The zero-order valence-corrected chi connectivity index (χ0v) is 14.7. The normalized spacial score (nSPS) is 12.4. The van der Waals surface area contributed by atoms with Crippen LogP contribution in [0.3, 0.4) is 0 Å². The van der Waals surface area contributed by atoms with Crippen molar-refractivity contribution in [1.29, 1.82) is 0 Å². The van der Waals surface area contributed by atoms with Gasteiger partial charge in [0.15, 0.2) is 0 Å². The highest BCUT2D eigenvalue weighted by molar-refractivity contribution is 5.57. The molecule has 0 radical (unpaired) electrons. The molecule has 0 aromatic carbocycles. The zero-order chi connectivity index (χ0) is 16.3. The summed E-state index contributed by atoms with van der Waals surface area (Å²) in [4.78, 5) is 9.31. The number of ether oxygens (including phenoxy) is 1. The lowest BCUT2D eigenvalue weighted by Gasteiger charge is -2.26. The monoisotopic (exact) mass is 294 g/mol. The first-order valence-corrected chi connectivity index (χ1v) is 7.55. The SMILES string of the molecule is CCOC(C)(C)CNc1nc(C(C)(C)C)nc(NC)c1C. The van der Waals surface area contributed by atoms with Crippen molar-refractivity contribution in [3.63, 3.8) is 0 Å². The number of aromatic nitrogens is 2. The molecule has 0 fully saturated rings. The molecule has 21 heavy (non-hydrogen) atoms. The summed E-state index contributed by atoms with van der Waals surface area (Å²) in [6.07, 6.45) is 0. The molecule has 0 atom stereocenters. The molecule has 0 aliphatic heterocycles. The Labute approximate surface area is 128 Å². The van der Waals surface area contributed by atoms with Crippen LogP contribution in [0.15, 0.2) is 0 Å². The van der Waals surface area contributed by atoms with Crippen LogP contribution in [0.2, 0.25) is 0 Å². The highest BCUT2D eigenvalue weighted by atomic mass is 16.5. The first-order chi connectivity index (χ1) is 9.60. The average molecular weight is 294 g/mol. The summed E-state index contributed by atoms with van der Waals surface area (Å²) in [5, 5.41) is 6.56. The molecule has 0 saturated carbocycles. The van der Waals surface area contributed by atoms with E-state index in [1.54, 1.807) is 0 Å². The molecule has 1 aromatic rings. The topological polar surface area (TPSA) is 59.1 Å². The predicted octanol–water partition coefficient (Wildman–Crippen LogP) is 3.35. The molecule has 0 unspecified atom stereocenters. The largest absolute Gasteiger partial charge is 0.374 e. The van der Waals surface area contributed by atoms with Gasteiger partial charge in [-0.25, -0.2) is 9.97 Å². The lowest BCUT2D eigenvalue weighted by Crippen LogP contribution is -2.34. The molecule has 120 valence electrons. The van der Waals surface area contributed by atoms with E-state index in [0.717, 1.165) is 23.0 Å². The maximum absolute atomic E-state index is 5.72. The molecular weight excluding hydrogens is 264 g/mol. The molecule has 0 bridgehead atoms. The fourth-order valence-electron chi connectivity index (χ4n) is 2.01. The standard InChI is InChI=1S/C16H30N4O/c1-9-21-16(6,7)10-18-13-11(2)12(17-8)19-14(20-13)15(3,4)5/h9-10H2,1-8H3,(H2,17,18,19,20). The van der Waals surface area contributed by atoms with Crippen molar-refractivity contribution < 1.29 is 4.74 Å². The Morgan fingerprint density at radius 3 is 2.10 bits per heavy atom. The van der Waals surface area contributed by atoms with Gasteiger partial charge in [-0.05, 0) is 27.7 Å². The summed E-state index contributed by atoms with van der Waals surface area (Å²) in [5.74, 6) is 2.56. The second-order valence-corrected chi connectivity index (χ2v) is 6.92. The molecule has 0 aliphatic carbocycles. The van der Waals surface area contributed by atoms with Crippen molar-refractivity contribution >= 4 is 11.6 Å². The second kappa shape index (κ2) is 6.60. The van der Waals surface area contributed by atoms with Crippen LogP contribution in [0.25, 0.3) is 0 Å². The van der Waals surface area contributed by atoms with Crippen molar-refractivity contribution in [2.45, 2.75) is 59.5 Å². The van der Waals surface area contributed by atoms with E-state index in [-0.39, 0.29) is 11.0 Å². The second-order valence-electron chi connectivity index (χ2n) is 6.92. The van der Waals surface area contributed by atoms with Gasteiger partial charge in [0.1, 0.15) is 17.5 Å². The van der Waals surface area contributed by atoms with Crippen molar-refractivity contribution in [3.05, 3.63) is 11.4 Å². The third kappa shape index (κ3) is 4.84. The quantitative estimate of drug-likeness (QED) is 0.842. The summed E-state index contributed by atoms with van der Waals surface area (Å²) >= 11 is 0. The Balaban J connectivity index is 3.06. The smallest absolute Gasteiger partial charge is 0.138 e. The van der Waals surface area contributed by atoms with Gasteiger partial charge in [-0.2, -0.15) is 0 Å². The summed E-state index contributed by atoms with van der Waals surface area (Å²) in [5.41, 5.74) is 0.705. The number of nitrogens with zero attached hydrogens (tertiary/aromatic N) is 2. The van der Waals surface area contributed by atoms with Crippen LogP contribution in [-0.2, 0) is 10.2 Å². The van der Waals surface area contributed by atoms with Gasteiger partial charge in [0.2, 0.25) is 0 Å². The number of hydrogen-bond acceptors (Lipinski definition) is 5. The highest BCUT2D eigenvalue weighted by Gasteiger charge is 2.22. The van der Waals surface area contributed by atoms with Crippen LogP contribution in [0, 0.1) is 6.92 Å². The maximum atomic E-state index is 5.72. The Morgan fingerprint density at radius 1 is 1.05 bits per heavy atom. The van der Waals surface area contributed by atoms with Gasteiger partial charge in [-0.3, -0.25) is 0 Å². The molecule has 0 saturated heterocycles. The molecule has 5 nitrogen and oxygen atoms in total. The van der Waals surface area contributed by atoms with Crippen LogP contribution in [0.1, 0.15) is 52.9 Å². The Bertz CT molecular complexity index is 478. The van der Waals surface area contributed by atoms with E-state index in [2.05, 4.69) is 50.2 Å². The van der Waals surface area contributed by atoms with E-state index in [9.17, 15) is 0 Å². The van der Waals surface area contributed by atoms with Gasteiger partial charge < -0.3 is 15.4 Å². The lowest BCUT2D eigenvalue weighted by atomic mass is 9.95. The first kappa shape index (κ1) is 17.7. The fraction of sp³-hybridized carbons (Fsp3) is 0.750. The lowest BCUT2D eigenvalue weighted by molar-refractivity contribution is 0.000631. The van der Waals surface area contributed by atoms with E-state index in [4.69, 9.17) is 9.72 Å². The van der Waals surface area contributed by atoms with Gasteiger partial charge in [-0.15, -0.1) is 0 Å². The molecule has 0 spiro atoms. The van der Waals surface area contributed by atoms with Gasteiger partial charge in [0.05, 0.1) is 5.60 Å². The molecule has 2 N–H and O–H groups in total. The van der Waals surface area contributed by atoms with Gasteiger partial charge in [-0.1, -0.05) is 20.8 Å². The van der Waals surface area contributed by atoms with E-state index in [0.29, 0.717) is 13.2 Å². The van der Waals surface area contributed by atoms with Gasteiger partial charge in [0.25, 0.3) is 0 Å². The summed E-state index contributed by atoms with van der Waals surface area (Å²) < 4.78 is 5.72. The molecule has 1 rings (SSSR count). The third-order valence-electron chi connectivity index (χ3n) is 3.27. The van der Waals surface area contributed by atoms with Crippen molar-refractivity contribution in [2.24, 2.45) is 0 Å². The maximum Gasteiger partial charge on any atom is 0.138 e. The van der Waals surface area contributed by atoms with Crippen molar-refractivity contribution in [2.75, 3.05) is 30.8 Å². The fourth-order valence-corrected chi connectivity index (χ4v) is 2.01. The first-order valence-electron chi connectivity index (χ1n) is 7.55. The predicted molar refractivity (Wildman–Crippen MR) is 89.2 cm³/mol. The van der Waals surface area contributed by atoms with E-state index in [1.807, 2.05) is 20.9 Å². The Kier molecular flexibility index (Phi) is 5.56. The summed E-state index contributed by atoms with van der Waals surface area (Å²) in [7, 11) is 1.88. The van der Waals surface area contributed by atoms with Crippen molar-refractivity contribution in [3.8, 4) is 0 Å². The molecule has 0 aliphatic rings. The van der Waals surface area contributed by atoms with E-state index in [1.165, 1.54) is 0 Å². The summed E-state index contributed by atoms with van der Waals surface area (Å²) in [6, 6.07) is 0. The van der Waals surface area contributed by atoms with Crippen LogP contribution < -0.4 is 10.6 Å². The number of rotatable bonds is 6. The van der Waals surface area contributed by atoms with Crippen molar-refractivity contribution in [1.82, 2.24) is 9.97 Å². The van der Waals surface area contributed by atoms with E-state index >= 15 is 0 Å². The minimum atomic E-state index is -0.228. The van der Waals surface area contributed by atoms with E-state index < -0.39 is 0 Å². The highest BCUT2D eigenvalue weighted by Crippen LogP contribution is 2.26. The Hall–Kier alpha value is -1.36. The van der Waals surface area contributed by atoms with Crippen LogP contribution in [0.4, 0.5) is 11.6 Å². The molecule has 1 heterocycles. The van der Waals surface area contributed by atoms with Gasteiger partial charge in [0, 0.05) is 31.2 Å². The molecule has 0 amide bonds. The van der Waals surface area contributed by atoms with Crippen LogP contribution in [-0.4, -0.2) is 35.8 Å². The van der Waals surface area contributed by atoms with Crippen LogP contribution >= 0.6 is 0 Å². The number of anilines is 2. The molecule has 5 heteroatoms. The number of hydrogen-bond donors (Lipinski definition) is 2. The minimum Gasteiger partial charge on any atom is -0.374 e.